The molecule has 6 rings (SSSR count). The molecule has 1 atom stereocenters. The second kappa shape index (κ2) is 11.4. The minimum atomic E-state index is -0.466. The third-order valence-corrected chi connectivity index (χ3v) is 7.65. The van der Waals surface area contributed by atoms with Gasteiger partial charge < -0.3 is 23.4 Å². The molecule has 1 unspecified atom stereocenters. The van der Waals surface area contributed by atoms with E-state index in [0.717, 1.165) is 40.0 Å². The van der Waals surface area contributed by atoms with Gasteiger partial charge in [0.25, 0.3) is 0 Å². The van der Waals surface area contributed by atoms with E-state index < -0.39 is 5.63 Å². The Morgan fingerprint density at radius 3 is 2.38 bits per heavy atom. The molecule has 0 radical (unpaired) electrons. The Morgan fingerprint density at radius 2 is 1.64 bits per heavy atom. The van der Waals surface area contributed by atoms with Gasteiger partial charge in [0.1, 0.15) is 17.1 Å². The maximum Gasteiger partial charge on any atom is 0.336 e. The molecule has 5 aromatic rings. The van der Waals surface area contributed by atoms with Crippen molar-refractivity contribution in [3.05, 3.63) is 118 Å². The summed E-state index contributed by atoms with van der Waals surface area (Å²) >= 11 is 0. The predicted octanol–water partition coefficient (Wildman–Crippen LogP) is 6.85. The number of esters is 1. The Labute approximate surface area is 243 Å². The van der Waals surface area contributed by atoms with Gasteiger partial charge in [-0.15, -0.1) is 0 Å². The van der Waals surface area contributed by atoms with Gasteiger partial charge in [-0.2, -0.15) is 0 Å². The number of ether oxygens (including phenoxy) is 4. The van der Waals surface area contributed by atoms with Gasteiger partial charge in [0.15, 0.2) is 11.5 Å². The van der Waals surface area contributed by atoms with E-state index in [0.29, 0.717) is 40.4 Å². The lowest BCUT2D eigenvalue weighted by Gasteiger charge is -2.28. The van der Waals surface area contributed by atoms with Gasteiger partial charge in [-0.3, -0.25) is 4.79 Å². The number of aryl methyl sites for hydroxylation is 1. The van der Waals surface area contributed by atoms with Crippen LogP contribution in [0.3, 0.4) is 0 Å². The zero-order valence-corrected chi connectivity index (χ0v) is 23.6. The van der Waals surface area contributed by atoms with Crippen molar-refractivity contribution in [2.75, 3.05) is 20.8 Å². The topological polar surface area (TPSA) is 84.2 Å². The van der Waals surface area contributed by atoms with Crippen LogP contribution in [0.4, 0.5) is 0 Å². The van der Waals surface area contributed by atoms with Crippen LogP contribution in [0.25, 0.3) is 22.1 Å². The molecule has 42 heavy (non-hydrogen) atoms. The van der Waals surface area contributed by atoms with Crippen LogP contribution in [0.5, 0.6) is 23.0 Å². The van der Waals surface area contributed by atoms with Crippen molar-refractivity contribution in [1.82, 2.24) is 0 Å². The first-order valence-electron chi connectivity index (χ1n) is 13.8. The molecule has 7 nitrogen and oxygen atoms in total. The van der Waals surface area contributed by atoms with Crippen LogP contribution in [0.2, 0.25) is 0 Å². The van der Waals surface area contributed by atoms with Crippen molar-refractivity contribution in [1.29, 1.82) is 0 Å². The van der Waals surface area contributed by atoms with Crippen molar-refractivity contribution in [2.45, 2.75) is 25.7 Å². The highest BCUT2D eigenvalue weighted by molar-refractivity contribution is 6.01. The van der Waals surface area contributed by atoms with Crippen molar-refractivity contribution in [2.24, 2.45) is 0 Å². The van der Waals surface area contributed by atoms with Crippen molar-refractivity contribution in [3.63, 3.8) is 0 Å². The Bertz CT molecular complexity index is 1820. The first-order chi connectivity index (χ1) is 20.4. The minimum absolute atomic E-state index is 0.164. The van der Waals surface area contributed by atoms with E-state index in [2.05, 4.69) is 0 Å². The molecular weight excluding hydrogens is 532 g/mol. The van der Waals surface area contributed by atoms with Crippen LogP contribution in [0, 0.1) is 6.92 Å². The summed E-state index contributed by atoms with van der Waals surface area (Å²) in [6.07, 6.45) is 0.889. The van der Waals surface area contributed by atoms with Gasteiger partial charge in [0, 0.05) is 29.5 Å². The van der Waals surface area contributed by atoms with Gasteiger partial charge in [0.05, 0.1) is 32.6 Å². The van der Waals surface area contributed by atoms with Crippen LogP contribution in [-0.2, 0) is 11.2 Å². The van der Waals surface area contributed by atoms with Gasteiger partial charge >= 0.3 is 11.6 Å². The SMILES string of the molecule is COc1ccc(CCOc2ccc(C3CC(=O)Oc4c3c(C)cc3oc(=O)cc(-c5ccccc5)c43)cc2OC)cc1. The summed E-state index contributed by atoms with van der Waals surface area (Å²) in [5.74, 6) is 1.79. The molecule has 1 aliphatic rings. The summed E-state index contributed by atoms with van der Waals surface area (Å²) in [5.41, 5.74) is 5.18. The van der Waals surface area contributed by atoms with E-state index in [-0.39, 0.29) is 18.3 Å². The predicted molar refractivity (Wildman–Crippen MR) is 160 cm³/mol. The van der Waals surface area contributed by atoms with E-state index in [9.17, 15) is 9.59 Å². The Balaban J connectivity index is 1.36. The van der Waals surface area contributed by atoms with Crippen LogP contribution in [0.1, 0.15) is 34.6 Å². The molecule has 1 aliphatic heterocycles. The quantitative estimate of drug-likeness (QED) is 0.116. The molecule has 0 saturated carbocycles. The van der Waals surface area contributed by atoms with Crippen LogP contribution < -0.4 is 24.6 Å². The Kier molecular flexibility index (Phi) is 7.40. The molecule has 7 heteroatoms. The molecule has 0 amide bonds. The molecule has 0 N–H and O–H groups in total. The molecule has 0 fully saturated rings. The molecular formula is C35H30O7. The second-order valence-corrected chi connectivity index (χ2v) is 10.2. The molecule has 1 aromatic heterocycles. The smallest absolute Gasteiger partial charge is 0.336 e. The van der Waals surface area contributed by atoms with Crippen LogP contribution in [-0.4, -0.2) is 26.8 Å². The summed E-state index contributed by atoms with van der Waals surface area (Å²) in [6.45, 7) is 2.41. The van der Waals surface area contributed by atoms with Gasteiger partial charge in [0.2, 0.25) is 0 Å². The number of carbonyl (C=O) groups excluding carboxylic acids is 1. The lowest BCUT2D eigenvalue weighted by molar-refractivity contribution is -0.135. The number of carbonyl (C=O) groups is 1. The number of fused-ring (bicyclic) bond motifs is 3. The van der Waals surface area contributed by atoms with E-state index in [1.807, 2.05) is 85.8 Å². The molecule has 0 saturated heterocycles. The highest BCUT2D eigenvalue weighted by Gasteiger charge is 2.33. The molecule has 0 bridgehead atoms. The number of rotatable bonds is 8. The first kappa shape index (κ1) is 27.1. The summed E-state index contributed by atoms with van der Waals surface area (Å²) in [4.78, 5) is 25.5. The van der Waals surface area contributed by atoms with Crippen molar-refractivity contribution >= 4 is 16.9 Å². The normalized spacial score (nSPS) is 14.3. The Morgan fingerprint density at radius 1 is 0.857 bits per heavy atom. The number of hydrogen-bond acceptors (Lipinski definition) is 7. The fourth-order valence-corrected chi connectivity index (χ4v) is 5.62. The highest BCUT2D eigenvalue weighted by atomic mass is 16.5. The molecule has 212 valence electrons. The maximum atomic E-state index is 13.0. The van der Waals surface area contributed by atoms with E-state index in [1.54, 1.807) is 14.2 Å². The third kappa shape index (κ3) is 5.21. The number of benzene rings is 4. The summed E-state index contributed by atoms with van der Waals surface area (Å²) in [7, 11) is 3.25. The van der Waals surface area contributed by atoms with Gasteiger partial charge in [-0.1, -0.05) is 48.5 Å². The molecule has 2 heterocycles. The largest absolute Gasteiger partial charge is 0.497 e. The second-order valence-electron chi connectivity index (χ2n) is 10.2. The third-order valence-electron chi connectivity index (χ3n) is 7.65. The zero-order chi connectivity index (χ0) is 29.2. The van der Waals surface area contributed by atoms with Gasteiger partial charge in [-0.05, 0) is 59.5 Å². The molecule has 4 aromatic carbocycles. The van der Waals surface area contributed by atoms with Crippen LogP contribution >= 0.6 is 0 Å². The molecule has 0 aliphatic carbocycles. The fourth-order valence-electron chi connectivity index (χ4n) is 5.62. The number of methoxy groups -OCH3 is 2. The monoisotopic (exact) mass is 562 g/mol. The van der Waals surface area contributed by atoms with E-state index >= 15 is 0 Å². The summed E-state index contributed by atoms with van der Waals surface area (Å²) in [5, 5.41) is 0.602. The average molecular weight is 563 g/mol. The lowest BCUT2D eigenvalue weighted by Crippen LogP contribution is -2.22. The Hall–Kier alpha value is -5.04. The van der Waals surface area contributed by atoms with E-state index in [4.69, 9.17) is 23.4 Å². The van der Waals surface area contributed by atoms with Crippen LogP contribution in [0.15, 0.2) is 94.1 Å². The fraction of sp³-hybridized carbons (Fsp3) is 0.200. The summed E-state index contributed by atoms with van der Waals surface area (Å²) in [6, 6.07) is 26.5. The number of hydrogen-bond donors (Lipinski definition) is 0. The lowest BCUT2D eigenvalue weighted by atomic mass is 9.82. The van der Waals surface area contributed by atoms with Crippen molar-refractivity contribution < 1.29 is 28.2 Å². The minimum Gasteiger partial charge on any atom is -0.497 e. The average Bonchev–Trinajstić information content (AvgIpc) is 3.01. The molecule has 0 spiro atoms. The zero-order valence-electron chi connectivity index (χ0n) is 23.6. The van der Waals surface area contributed by atoms with E-state index in [1.165, 1.54) is 6.07 Å². The first-order valence-corrected chi connectivity index (χ1v) is 13.8. The van der Waals surface area contributed by atoms with Crippen molar-refractivity contribution in [3.8, 4) is 34.1 Å². The van der Waals surface area contributed by atoms with Gasteiger partial charge in [-0.25, -0.2) is 4.79 Å². The standard InChI is InChI=1S/C35H30O7/c1-21-17-30-34(26(19-31(36)41-30)23-7-5-4-6-8-23)35-33(21)27(20-32(37)42-35)24-11-14-28(29(18-24)39-3)40-16-15-22-9-12-25(38-2)13-10-22/h4-14,17-19,27H,15-16,20H2,1-3H3. The highest BCUT2D eigenvalue weighted by Crippen LogP contribution is 2.48. The maximum absolute atomic E-state index is 13.0. The summed E-state index contributed by atoms with van der Waals surface area (Å²) < 4.78 is 28.5.